The van der Waals surface area contributed by atoms with Gasteiger partial charge in [-0.1, -0.05) is 19.9 Å². The zero-order valence-electron chi connectivity index (χ0n) is 10.4. The molecule has 0 heterocycles. The third kappa shape index (κ3) is 3.13. The van der Waals surface area contributed by atoms with Crippen LogP contribution in [-0.4, -0.2) is 16.9 Å². The molecule has 0 spiro atoms. The number of nitrogens with two attached hydrogens (primary N) is 1. The molecule has 0 unspecified atom stereocenters. The lowest BCUT2D eigenvalue weighted by Gasteiger charge is -2.26. The lowest BCUT2D eigenvalue weighted by Crippen LogP contribution is -2.28. The number of carbonyl (C=O) groups excluding carboxylic acids is 1. The highest BCUT2D eigenvalue weighted by Crippen LogP contribution is 2.30. The van der Waals surface area contributed by atoms with E-state index in [2.05, 4.69) is 0 Å². The molecule has 0 aliphatic carbocycles. The number of carbonyl (C=O) groups is 2. The highest BCUT2D eigenvalue weighted by molar-refractivity contribution is 6.32. The number of aliphatic carboxylic acids is 1. The van der Waals surface area contributed by atoms with Gasteiger partial charge in [0.2, 0.25) is 5.78 Å². The van der Waals surface area contributed by atoms with E-state index < -0.39 is 23.0 Å². The van der Waals surface area contributed by atoms with Crippen LogP contribution in [0.5, 0.6) is 0 Å². The maximum atomic E-state index is 13.3. The number of hydrogen-bond donors (Lipinski definition) is 2. The van der Waals surface area contributed by atoms with E-state index in [-0.39, 0.29) is 13.0 Å². The highest BCUT2D eigenvalue weighted by Gasteiger charge is 2.29. The molecule has 0 saturated carbocycles. The summed E-state index contributed by atoms with van der Waals surface area (Å²) < 4.78 is 13.3. The third-order valence-electron chi connectivity index (χ3n) is 2.86. The number of hydrogen-bond acceptors (Lipinski definition) is 3. The molecular formula is C13H16FNO3. The van der Waals surface area contributed by atoms with Gasteiger partial charge in [0, 0.05) is 13.0 Å². The molecule has 1 rings (SSSR count). The predicted molar refractivity (Wildman–Crippen MR) is 64.6 cm³/mol. The molecule has 1 aromatic carbocycles. The Kier molecular flexibility index (Phi) is 4.19. The molecule has 0 aromatic heterocycles. The van der Waals surface area contributed by atoms with Crippen molar-refractivity contribution in [3.05, 3.63) is 35.1 Å². The summed E-state index contributed by atoms with van der Waals surface area (Å²) in [4.78, 5) is 21.9. The van der Waals surface area contributed by atoms with Gasteiger partial charge in [-0.15, -0.1) is 0 Å². The standard InChI is InChI=1S/C13H16FNO3/c1-13(2,6-11(16)12(17)18)10-5-9(14)4-3-8(10)7-15/h3-5H,6-7,15H2,1-2H3,(H,17,18). The van der Waals surface area contributed by atoms with Crippen LogP contribution in [0.25, 0.3) is 0 Å². The molecular weight excluding hydrogens is 237 g/mol. The Hall–Kier alpha value is -1.75. The number of rotatable bonds is 5. The second-order valence-corrected chi connectivity index (χ2v) is 4.79. The first-order valence-electron chi connectivity index (χ1n) is 5.53. The zero-order chi connectivity index (χ0) is 13.9. The Morgan fingerprint density at radius 3 is 2.50 bits per heavy atom. The quantitative estimate of drug-likeness (QED) is 0.781. The normalized spacial score (nSPS) is 11.3. The summed E-state index contributed by atoms with van der Waals surface area (Å²) in [6, 6.07) is 4.15. The molecule has 4 nitrogen and oxygen atoms in total. The second-order valence-electron chi connectivity index (χ2n) is 4.79. The summed E-state index contributed by atoms with van der Waals surface area (Å²) in [6.45, 7) is 3.60. The SMILES string of the molecule is CC(C)(CC(=O)C(=O)O)c1cc(F)ccc1CN. The Balaban J connectivity index is 3.14. The van der Waals surface area contributed by atoms with Crippen LogP contribution < -0.4 is 5.73 Å². The molecule has 98 valence electrons. The van der Waals surface area contributed by atoms with Crippen molar-refractivity contribution < 1.29 is 19.1 Å². The maximum Gasteiger partial charge on any atom is 0.372 e. The monoisotopic (exact) mass is 253 g/mol. The molecule has 5 heteroatoms. The second kappa shape index (κ2) is 5.27. The van der Waals surface area contributed by atoms with Crippen LogP contribution in [0.2, 0.25) is 0 Å². The van der Waals surface area contributed by atoms with E-state index in [1.54, 1.807) is 19.9 Å². The third-order valence-corrected chi connectivity index (χ3v) is 2.86. The topological polar surface area (TPSA) is 80.4 Å². The van der Waals surface area contributed by atoms with Crippen LogP contribution >= 0.6 is 0 Å². The molecule has 0 aliphatic rings. The number of Topliss-reactive ketones (excluding diaryl/α,β-unsaturated/α-hetero) is 1. The van der Waals surface area contributed by atoms with Gasteiger partial charge in [0.15, 0.2) is 0 Å². The number of carboxylic acid groups (broad SMARTS) is 1. The van der Waals surface area contributed by atoms with E-state index in [0.29, 0.717) is 11.1 Å². The summed E-state index contributed by atoms with van der Waals surface area (Å²) in [5, 5.41) is 8.63. The first-order chi connectivity index (χ1) is 8.27. The Labute approximate surface area is 105 Å². The first-order valence-corrected chi connectivity index (χ1v) is 5.53. The van der Waals surface area contributed by atoms with Gasteiger partial charge in [-0.25, -0.2) is 9.18 Å². The molecule has 0 amide bonds. The fourth-order valence-corrected chi connectivity index (χ4v) is 1.93. The van der Waals surface area contributed by atoms with Crippen LogP contribution in [0.4, 0.5) is 4.39 Å². The minimum absolute atomic E-state index is 0.196. The van der Waals surface area contributed by atoms with Gasteiger partial charge in [0.25, 0.3) is 0 Å². The van der Waals surface area contributed by atoms with Gasteiger partial charge < -0.3 is 10.8 Å². The smallest absolute Gasteiger partial charge is 0.372 e. The van der Waals surface area contributed by atoms with Gasteiger partial charge >= 0.3 is 5.97 Å². The fourth-order valence-electron chi connectivity index (χ4n) is 1.93. The molecule has 0 aliphatic heterocycles. The van der Waals surface area contributed by atoms with Crippen molar-refractivity contribution in [3.63, 3.8) is 0 Å². The summed E-state index contributed by atoms with van der Waals surface area (Å²) in [7, 11) is 0. The van der Waals surface area contributed by atoms with Crippen molar-refractivity contribution >= 4 is 11.8 Å². The van der Waals surface area contributed by atoms with Crippen LogP contribution in [-0.2, 0) is 21.5 Å². The summed E-state index contributed by atoms with van der Waals surface area (Å²) in [5.41, 5.74) is 6.07. The Bertz CT molecular complexity index is 483. The Morgan fingerprint density at radius 2 is 2.00 bits per heavy atom. The number of carboxylic acids is 1. The highest BCUT2D eigenvalue weighted by atomic mass is 19.1. The maximum absolute atomic E-state index is 13.3. The summed E-state index contributed by atoms with van der Waals surface area (Å²) in [5.74, 6) is -2.81. The van der Waals surface area contributed by atoms with E-state index in [1.807, 2.05) is 0 Å². The number of ketones is 1. The van der Waals surface area contributed by atoms with Crippen molar-refractivity contribution in [2.75, 3.05) is 0 Å². The summed E-state index contributed by atoms with van der Waals surface area (Å²) in [6.07, 6.45) is -0.196. The van der Waals surface area contributed by atoms with E-state index >= 15 is 0 Å². The van der Waals surface area contributed by atoms with Gasteiger partial charge in [-0.3, -0.25) is 4.79 Å². The van der Waals surface area contributed by atoms with Gasteiger partial charge in [-0.05, 0) is 28.7 Å². The largest absolute Gasteiger partial charge is 0.476 e. The van der Waals surface area contributed by atoms with Crippen molar-refractivity contribution in [2.45, 2.75) is 32.2 Å². The van der Waals surface area contributed by atoms with Gasteiger partial charge in [0.05, 0.1) is 0 Å². The zero-order valence-corrected chi connectivity index (χ0v) is 10.4. The first kappa shape index (κ1) is 14.3. The van der Waals surface area contributed by atoms with Crippen LogP contribution in [0.1, 0.15) is 31.4 Å². The van der Waals surface area contributed by atoms with Crippen molar-refractivity contribution in [3.8, 4) is 0 Å². The van der Waals surface area contributed by atoms with Crippen LogP contribution in [0.3, 0.4) is 0 Å². The minimum Gasteiger partial charge on any atom is -0.476 e. The Morgan fingerprint density at radius 1 is 1.39 bits per heavy atom. The van der Waals surface area contributed by atoms with Gasteiger partial charge in [0.1, 0.15) is 5.82 Å². The van der Waals surface area contributed by atoms with Crippen molar-refractivity contribution in [1.82, 2.24) is 0 Å². The lowest BCUT2D eigenvalue weighted by atomic mass is 9.78. The van der Waals surface area contributed by atoms with Crippen molar-refractivity contribution in [1.29, 1.82) is 0 Å². The number of halogens is 1. The van der Waals surface area contributed by atoms with Crippen LogP contribution in [0.15, 0.2) is 18.2 Å². The number of benzene rings is 1. The molecule has 18 heavy (non-hydrogen) atoms. The lowest BCUT2D eigenvalue weighted by molar-refractivity contribution is -0.149. The van der Waals surface area contributed by atoms with Crippen molar-refractivity contribution in [2.24, 2.45) is 5.73 Å². The van der Waals surface area contributed by atoms with Crippen LogP contribution in [0, 0.1) is 5.82 Å². The van der Waals surface area contributed by atoms with E-state index in [9.17, 15) is 14.0 Å². The van der Waals surface area contributed by atoms with E-state index in [0.717, 1.165) is 0 Å². The molecule has 0 saturated heterocycles. The fraction of sp³-hybridized carbons (Fsp3) is 0.385. The molecule has 1 aromatic rings. The minimum atomic E-state index is -1.48. The van der Waals surface area contributed by atoms with Gasteiger partial charge in [-0.2, -0.15) is 0 Å². The average Bonchev–Trinajstić information content (AvgIpc) is 2.28. The average molecular weight is 253 g/mol. The van der Waals surface area contributed by atoms with E-state index in [1.165, 1.54) is 12.1 Å². The summed E-state index contributed by atoms with van der Waals surface area (Å²) >= 11 is 0. The molecule has 3 N–H and O–H groups in total. The van der Waals surface area contributed by atoms with E-state index in [4.69, 9.17) is 10.8 Å². The molecule has 0 fully saturated rings. The predicted octanol–water partition coefficient (Wildman–Crippen LogP) is 1.61. The molecule has 0 bridgehead atoms. The molecule has 0 atom stereocenters. The molecule has 0 radical (unpaired) electrons.